The molecule has 0 radical (unpaired) electrons. The number of benzene rings is 2. The van der Waals surface area contributed by atoms with Crippen LogP contribution >= 0.6 is 23.2 Å². The molecule has 1 amide bonds. The van der Waals surface area contributed by atoms with Crippen LogP contribution in [0.3, 0.4) is 0 Å². The minimum atomic E-state index is -2.91. The van der Waals surface area contributed by atoms with E-state index in [1.807, 2.05) is 0 Å². The number of carbonyl (C=O) groups excluding carboxylic acids is 2. The number of halogens is 5. The number of carbonyl (C=O) groups is 2. The number of aliphatic hydroxyl groups excluding tert-OH is 1. The number of amides is 1. The van der Waals surface area contributed by atoms with Gasteiger partial charge in [0.25, 0.3) is 0 Å². The molecule has 2 spiro atoms. The van der Waals surface area contributed by atoms with E-state index in [1.54, 1.807) is 24.3 Å². The Morgan fingerprint density at radius 1 is 1.02 bits per heavy atom. The van der Waals surface area contributed by atoms with Gasteiger partial charge < -0.3 is 10.4 Å². The summed E-state index contributed by atoms with van der Waals surface area (Å²) in [5, 5.41) is 16.5. The lowest BCUT2D eigenvalue weighted by molar-refractivity contribution is -0.126. The second-order valence-corrected chi connectivity index (χ2v) is 12.8. The van der Waals surface area contributed by atoms with Crippen LogP contribution < -0.4 is 10.6 Å². The van der Waals surface area contributed by atoms with Crippen molar-refractivity contribution in [2.45, 2.75) is 92.7 Å². The third kappa shape index (κ3) is 4.29. The van der Waals surface area contributed by atoms with Gasteiger partial charge in [-0.1, -0.05) is 41.4 Å². The van der Waals surface area contributed by atoms with E-state index in [2.05, 4.69) is 10.6 Å². The highest BCUT2D eigenvalue weighted by Crippen LogP contribution is 2.64. The summed E-state index contributed by atoms with van der Waals surface area (Å²) in [6, 6.07) is 8.41. The summed E-state index contributed by atoms with van der Waals surface area (Å²) in [4.78, 5) is 28.5. The van der Waals surface area contributed by atoms with E-state index in [4.69, 9.17) is 23.2 Å². The average molecular weight is 595 g/mol. The molecule has 2 aliphatic heterocycles. The topological polar surface area (TPSA) is 78.4 Å². The lowest BCUT2D eigenvalue weighted by Gasteiger charge is -2.48. The van der Waals surface area contributed by atoms with Crippen molar-refractivity contribution in [3.8, 4) is 0 Å². The SMILES string of the molecule is O=C(CC1CCC(O)CC1)[C@@H]1NC2(CCC(F)(F)CC2)[C@@]2(C(=O)Nc3cc(Cl)ccc32)[C@H]1c1cccc(Cl)c1F. The van der Waals surface area contributed by atoms with Crippen molar-refractivity contribution in [1.29, 1.82) is 0 Å². The predicted octanol–water partition coefficient (Wildman–Crippen LogP) is 6.54. The van der Waals surface area contributed by atoms with Crippen LogP contribution in [0.4, 0.5) is 18.9 Å². The molecule has 214 valence electrons. The first-order chi connectivity index (χ1) is 19.0. The molecule has 4 aliphatic rings. The molecule has 5 nitrogen and oxygen atoms in total. The van der Waals surface area contributed by atoms with Gasteiger partial charge in [0.05, 0.1) is 17.2 Å². The van der Waals surface area contributed by atoms with Crippen molar-refractivity contribution in [2.75, 3.05) is 5.32 Å². The van der Waals surface area contributed by atoms with Crippen molar-refractivity contribution in [3.05, 3.63) is 63.4 Å². The van der Waals surface area contributed by atoms with Crippen molar-refractivity contribution in [3.63, 3.8) is 0 Å². The number of hydrogen-bond acceptors (Lipinski definition) is 4. The van der Waals surface area contributed by atoms with Crippen LogP contribution in [0.5, 0.6) is 0 Å². The molecule has 3 fully saturated rings. The van der Waals surface area contributed by atoms with Crippen LogP contribution in [0.15, 0.2) is 36.4 Å². The van der Waals surface area contributed by atoms with Gasteiger partial charge in [0, 0.05) is 41.4 Å². The zero-order valence-electron chi connectivity index (χ0n) is 21.8. The Morgan fingerprint density at radius 2 is 1.73 bits per heavy atom. The van der Waals surface area contributed by atoms with Crippen LogP contribution in [0.2, 0.25) is 10.0 Å². The number of aliphatic hydroxyl groups is 1. The molecular weight excluding hydrogens is 564 g/mol. The van der Waals surface area contributed by atoms with Crippen LogP contribution in [0, 0.1) is 11.7 Å². The molecule has 0 bridgehead atoms. The maximum atomic E-state index is 15.9. The Balaban J connectivity index is 1.54. The Labute approximate surface area is 240 Å². The second kappa shape index (κ2) is 10.0. The highest BCUT2D eigenvalue weighted by molar-refractivity contribution is 6.31. The number of Topliss-reactive ketones (excluding diaryl/α,β-unsaturated/α-hetero) is 1. The number of ketones is 1. The third-order valence-electron chi connectivity index (χ3n) is 9.80. The highest BCUT2D eigenvalue weighted by Gasteiger charge is 2.73. The molecule has 6 rings (SSSR count). The molecule has 0 aromatic heterocycles. The molecule has 2 saturated carbocycles. The first-order valence-corrected chi connectivity index (χ1v) is 14.6. The fourth-order valence-corrected chi connectivity index (χ4v) is 8.27. The molecule has 0 unspecified atom stereocenters. The van der Waals surface area contributed by atoms with E-state index >= 15 is 4.39 Å². The number of rotatable bonds is 4. The van der Waals surface area contributed by atoms with Crippen LogP contribution in [0.25, 0.3) is 0 Å². The van der Waals surface area contributed by atoms with Gasteiger partial charge in [0.15, 0.2) is 5.78 Å². The number of alkyl halides is 2. The third-order valence-corrected chi connectivity index (χ3v) is 10.3. The summed E-state index contributed by atoms with van der Waals surface area (Å²) in [7, 11) is 0. The van der Waals surface area contributed by atoms with Gasteiger partial charge >= 0.3 is 0 Å². The van der Waals surface area contributed by atoms with Gasteiger partial charge in [-0.15, -0.1) is 0 Å². The first-order valence-electron chi connectivity index (χ1n) is 13.9. The van der Waals surface area contributed by atoms with Crippen LogP contribution in [-0.2, 0) is 15.0 Å². The van der Waals surface area contributed by atoms with E-state index in [-0.39, 0.29) is 47.7 Å². The number of fused-ring (bicyclic) bond motifs is 3. The highest BCUT2D eigenvalue weighted by atomic mass is 35.5. The molecule has 3 N–H and O–H groups in total. The van der Waals surface area contributed by atoms with E-state index in [0.717, 1.165) is 0 Å². The van der Waals surface area contributed by atoms with Crippen molar-refractivity contribution in [2.24, 2.45) is 5.92 Å². The summed E-state index contributed by atoms with van der Waals surface area (Å²) in [6.07, 6.45) is 1.27. The molecule has 3 atom stereocenters. The summed E-state index contributed by atoms with van der Waals surface area (Å²) in [6.45, 7) is 0. The fourth-order valence-electron chi connectivity index (χ4n) is 7.91. The lowest BCUT2D eigenvalue weighted by atomic mass is 9.55. The Kier molecular flexibility index (Phi) is 7.00. The summed E-state index contributed by atoms with van der Waals surface area (Å²) >= 11 is 12.5. The summed E-state index contributed by atoms with van der Waals surface area (Å²) < 4.78 is 45.1. The molecule has 10 heteroatoms. The Bertz CT molecular complexity index is 1350. The van der Waals surface area contributed by atoms with Gasteiger partial charge in [0.2, 0.25) is 11.8 Å². The minimum absolute atomic E-state index is 0.0363. The Morgan fingerprint density at radius 3 is 2.42 bits per heavy atom. The van der Waals surface area contributed by atoms with Gasteiger partial charge in [0.1, 0.15) is 11.2 Å². The number of nitrogens with one attached hydrogen (secondary N) is 2. The van der Waals surface area contributed by atoms with Gasteiger partial charge in [-0.2, -0.15) is 0 Å². The predicted molar refractivity (Wildman–Crippen MR) is 147 cm³/mol. The van der Waals surface area contributed by atoms with Gasteiger partial charge in [-0.05, 0) is 73.8 Å². The minimum Gasteiger partial charge on any atom is -0.393 e. The maximum absolute atomic E-state index is 15.9. The monoisotopic (exact) mass is 594 g/mol. The largest absolute Gasteiger partial charge is 0.393 e. The van der Waals surface area contributed by atoms with E-state index in [1.165, 1.54) is 12.1 Å². The Hall–Kier alpha value is -2.13. The molecule has 1 saturated heterocycles. The molecule has 2 aromatic carbocycles. The molecular formula is C30H31Cl2F3N2O3. The zero-order valence-corrected chi connectivity index (χ0v) is 23.3. The summed E-state index contributed by atoms with van der Waals surface area (Å²) in [5.41, 5.74) is -1.75. The zero-order chi connectivity index (χ0) is 28.4. The van der Waals surface area contributed by atoms with Gasteiger partial charge in [-0.3, -0.25) is 14.9 Å². The van der Waals surface area contributed by atoms with E-state index in [9.17, 15) is 23.5 Å². The normalized spacial score (nSPS) is 32.3. The van der Waals surface area contributed by atoms with E-state index < -0.39 is 53.4 Å². The quantitative estimate of drug-likeness (QED) is 0.376. The fraction of sp³-hybridized carbons (Fsp3) is 0.533. The maximum Gasteiger partial charge on any atom is 0.248 e. The van der Waals surface area contributed by atoms with Crippen molar-refractivity contribution >= 4 is 40.6 Å². The second-order valence-electron chi connectivity index (χ2n) is 12.0. The molecule has 2 aromatic rings. The average Bonchev–Trinajstić information content (AvgIpc) is 3.37. The van der Waals surface area contributed by atoms with E-state index in [0.29, 0.717) is 42.0 Å². The number of hydrogen-bond donors (Lipinski definition) is 3. The lowest BCUT2D eigenvalue weighted by Crippen LogP contribution is -2.61. The van der Waals surface area contributed by atoms with Gasteiger partial charge in [-0.25, -0.2) is 13.2 Å². The summed E-state index contributed by atoms with van der Waals surface area (Å²) in [5.74, 6) is -5.32. The van der Waals surface area contributed by atoms with Crippen LogP contribution in [-0.4, -0.2) is 40.4 Å². The standard InChI is InChI=1S/C30H31Cl2F3N2O3/c31-17-6-9-20-22(15-17)36-27(40)30(20)24(19-2-1-3-21(32)25(19)33)26(23(39)14-16-4-7-18(38)8-5-16)37-28(30)10-12-29(34,35)13-11-28/h1-3,6,9,15-16,18,24,26,37-38H,4-5,7-8,10-14H2,(H,36,40)/t16?,18?,24-,26-,30+/m0/s1. The molecule has 40 heavy (non-hydrogen) atoms. The van der Waals surface area contributed by atoms with Crippen molar-refractivity contribution < 1.29 is 27.9 Å². The smallest absolute Gasteiger partial charge is 0.248 e. The first kappa shape index (κ1) is 28.0. The van der Waals surface area contributed by atoms with Crippen molar-refractivity contribution in [1.82, 2.24) is 5.32 Å². The molecule has 2 aliphatic carbocycles. The molecule has 2 heterocycles. The van der Waals surface area contributed by atoms with Crippen LogP contribution in [0.1, 0.15) is 74.8 Å². The number of anilines is 1.